The first kappa shape index (κ1) is 13.8. The highest BCUT2D eigenvalue weighted by Crippen LogP contribution is 2.30. The van der Waals surface area contributed by atoms with Gasteiger partial charge in [-0.2, -0.15) is 0 Å². The fourth-order valence-electron chi connectivity index (χ4n) is 2.40. The summed E-state index contributed by atoms with van der Waals surface area (Å²) in [7, 11) is 1.74. The second-order valence-corrected chi connectivity index (χ2v) is 6.11. The van der Waals surface area contributed by atoms with Crippen LogP contribution in [0.1, 0.15) is 30.4 Å². The van der Waals surface area contributed by atoms with Gasteiger partial charge in [-0.1, -0.05) is 6.42 Å². The van der Waals surface area contributed by atoms with E-state index in [9.17, 15) is 0 Å². The number of rotatable bonds is 4. The summed E-state index contributed by atoms with van der Waals surface area (Å²) in [6.07, 6.45) is 4.03. The van der Waals surface area contributed by atoms with Crippen LogP contribution in [-0.4, -0.2) is 25.4 Å². The van der Waals surface area contributed by atoms with E-state index in [2.05, 4.69) is 31.3 Å². The number of ether oxygens (including phenoxy) is 1. The summed E-state index contributed by atoms with van der Waals surface area (Å²) in [6, 6.07) is 5.08. The number of hydrogen-bond acceptors (Lipinski definition) is 3. The van der Waals surface area contributed by atoms with E-state index in [0.29, 0.717) is 6.04 Å². The summed E-state index contributed by atoms with van der Waals surface area (Å²) < 4.78 is 5.35. The van der Waals surface area contributed by atoms with E-state index in [1.54, 1.807) is 7.11 Å². The number of methoxy groups -OCH3 is 1. The molecule has 1 aromatic rings. The minimum absolute atomic E-state index is 0.686. The van der Waals surface area contributed by atoms with Gasteiger partial charge < -0.3 is 10.1 Å². The lowest BCUT2D eigenvalue weighted by atomic mass is 10.1. The van der Waals surface area contributed by atoms with Gasteiger partial charge in [-0.3, -0.25) is 0 Å². The van der Waals surface area contributed by atoms with Gasteiger partial charge in [-0.05, 0) is 56.5 Å². The number of aryl methyl sites for hydroxylation is 2. The van der Waals surface area contributed by atoms with E-state index in [1.807, 2.05) is 11.8 Å². The van der Waals surface area contributed by atoms with E-state index >= 15 is 0 Å². The molecular formula is C15H23NOS. The lowest BCUT2D eigenvalue weighted by Crippen LogP contribution is -2.35. The monoisotopic (exact) mass is 265 g/mol. The Kier molecular flexibility index (Phi) is 4.95. The van der Waals surface area contributed by atoms with Gasteiger partial charge in [0.1, 0.15) is 5.75 Å². The van der Waals surface area contributed by atoms with Gasteiger partial charge in [-0.15, -0.1) is 11.8 Å². The topological polar surface area (TPSA) is 21.3 Å². The third-order valence-electron chi connectivity index (χ3n) is 3.54. The molecule has 100 valence electrons. The molecule has 1 unspecified atom stereocenters. The van der Waals surface area contributed by atoms with Crippen molar-refractivity contribution in [3.05, 3.63) is 23.3 Å². The predicted molar refractivity (Wildman–Crippen MR) is 78.8 cm³/mol. The largest absolute Gasteiger partial charge is 0.496 e. The van der Waals surface area contributed by atoms with Crippen LogP contribution < -0.4 is 10.1 Å². The van der Waals surface area contributed by atoms with Crippen LogP contribution in [0, 0.1) is 13.8 Å². The molecule has 0 bridgehead atoms. The molecule has 0 amide bonds. The molecule has 1 saturated heterocycles. The molecule has 1 aliphatic rings. The van der Waals surface area contributed by atoms with Crippen molar-refractivity contribution in [3.8, 4) is 5.75 Å². The first-order chi connectivity index (χ1) is 8.70. The van der Waals surface area contributed by atoms with Crippen LogP contribution in [0.5, 0.6) is 5.75 Å². The smallest absolute Gasteiger partial charge is 0.122 e. The van der Waals surface area contributed by atoms with Crippen LogP contribution in [0.25, 0.3) is 0 Å². The lowest BCUT2D eigenvalue weighted by Gasteiger charge is -2.23. The Bertz CT molecular complexity index is 400. The summed E-state index contributed by atoms with van der Waals surface area (Å²) in [5.74, 6) is 2.17. The average molecular weight is 265 g/mol. The Morgan fingerprint density at radius 1 is 1.28 bits per heavy atom. The maximum atomic E-state index is 5.35. The fraction of sp³-hybridized carbons (Fsp3) is 0.600. The van der Waals surface area contributed by atoms with Crippen molar-refractivity contribution in [3.63, 3.8) is 0 Å². The zero-order valence-corrected chi connectivity index (χ0v) is 12.4. The molecule has 1 heterocycles. The minimum Gasteiger partial charge on any atom is -0.496 e. The maximum Gasteiger partial charge on any atom is 0.122 e. The molecule has 1 atom stereocenters. The molecule has 1 fully saturated rings. The Labute approximate surface area is 114 Å². The number of piperidine rings is 1. The van der Waals surface area contributed by atoms with Gasteiger partial charge in [0.15, 0.2) is 0 Å². The molecule has 0 aliphatic carbocycles. The summed E-state index contributed by atoms with van der Waals surface area (Å²) in [5, 5.41) is 3.60. The van der Waals surface area contributed by atoms with Crippen molar-refractivity contribution in [1.29, 1.82) is 0 Å². The maximum absolute atomic E-state index is 5.35. The molecular weight excluding hydrogens is 242 g/mol. The van der Waals surface area contributed by atoms with Crippen LogP contribution in [0.2, 0.25) is 0 Å². The van der Waals surface area contributed by atoms with E-state index in [1.165, 1.54) is 47.6 Å². The highest BCUT2D eigenvalue weighted by Gasteiger charge is 2.13. The van der Waals surface area contributed by atoms with E-state index < -0.39 is 0 Å². The van der Waals surface area contributed by atoms with Crippen LogP contribution in [0.3, 0.4) is 0 Å². The Hall–Kier alpha value is -0.670. The quantitative estimate of drug-likeness (QED) is 0.841. The minimum atomic E-state index is 0.686. The zero-order valence-electron chi connectivity index (χ0n) is 11.6. The van der Waals surface area contributed by atoms with Crippen LogP contribution in [0.15, 0.2) is 17.0 Å². The Balaban J connectivity index is 1.98. The molecule has 1 aromatic carbocycles. The summed E-state index contributed by atoms with van der Waals surface area (Å²) >= 11 is 1.97. The SMILES string of the molecule is COc1cc(C)c(SCC2CCCCN2)cc1C. The first-order valence-corrected chi connectivity index (χ1v) is 7.70. The first-order valence-electron chi connectivity index (χ1n) is 6.72. The van der Waals surface area contributed by atoms with Crippen molar-refractivity contribution < 1.29 is 4.74 Å². The molecule has 0 radical (unpaired) electrons. The van der Waals surface area contributed by atoms with Crippen molar-refractivity contribution in [2.45, 2.75) is 44.0 Å². The third-order valence-corrected chi connectivity index (χ3v) is 4.86. The standard InChI is InChI=1S/C15H23NOS/c1-11-9-15(12(2)8-14(11)17-3)18-10-13-6-4-5-7-16-13/h8-9,13,16H,4-7,10H2,1-3H3. The average Bonchev–Trinajstić information content (AvgIpc) is 2.40. The van der Waals surface area contributed by atoms with Crippen molar-refractivity contribution >= 4 is 11.8 Å². The van der Waals surface area contributed by atoms with Gasteiger partial charge in [0, 0.05) is 16.7 Å². The Morgan fingerprint density at radius 2 is 2.11 bits per heavy atom. The number of nitrogens with one attached hydrogen (secondary N) is 1. The molecule has 2 nitrogen and oxygen atoms in total. The third kappa shape index (κ3) is 3.42. The van der Waals surface area contributed by atoms with Gasteiger partial charge >= 0.3 is 0 Å². The molecule has 3 heteroatoms. The van der Waals surface area contributed by atoms with Gasteiger partial charge in [0.05, 0.1) is 7.11 Å². The second-order valence-electron chi connectivity index (χ2n) is 5.05. The molecule has 1 N–H and O–H groups in total. The van der Waals surface area contributed by atoms with Gasteiger partial charge in [0.2, 0.25) is 0 Å². The number of hydrogen-bond donors (Lipinski definition) is 1. The molecule has 18 heavy (non-hydrogen) atoms. The van der Waals surface area contributed by atoms with E-state index in [0.717, 1.165) is 5.75 Å². The number of benzene rings is 1. The zero-order chi connectivity index (χ0) is 13.0. The van der Waals surface area contributed by atoms with E-state index in [4.69, 9.17) is 4.74 Å². The summed E-state index contributed by atoms with van der Waals surface area (Å²) in [6.45, 7) is 5.46. The highest BCUT2D eigenvalue weighted by atomic mass is 32.2. The van der Waals surface area contributed by atoms with Gasteiger partial charge in [-0.25, -0.2) is 0 Å². The molecule has 0 saturated carbocycles. The summed E-state index contributed by atoms with van der Waals surface area (Å²) in [4.78, 5) is 1.39. The fourth-order valence-corrected chi connectivity index (χ4v) is 3.61. The normalized spacial score (nSPS) is 19.8. The lowest BCUT2D eigenvalue weighted by molar-refractivity contribution is 0.411. The predicted octanol–water partition coefficient (Wildman–Crippen LogP) is 3.55. The molecule has 2 rings (SSSR count). The second kappa shape index (κ2) is 6.48. The Morgan fingerprint density at radius 3 is 2.78 bits per heavy atom. The molecule has 0 spiro atoms. The van der Waals surface area contributed by atoms with Crippen molar-refractivity contribution in [2.75, 3.05) is 19.4 Å². The van der Waals surface area contributed by atoms with Crippen molar-refractivity contribution in [1.82, 2.24) is 5.32 Å². The van der Waals surface area contributed by atoms with Crippen LogP contribution in [0.4, 0.5) is 0 Å². The number of thioether (sulfide) groups is 1. The van der Waals surface area contributed by atoms with Crippen molar-refractivity contribution in [2.24, 2.45) is 0 Å². The van der Waals surface area contributed by atoms with Crippen LogP contribution in [-0.2, 0) is 0 Å². The van der Waals surface area contributed by atoms with Gasteiger partial charge in [0.25, 0.3) is 0 Å². The van der Waals surface area contributed by atoms with E-state index in [-0.39, 0.29) is 0 Å². The highest BCUT2D eigenvalue weighted by molar-refractivity contribution is 7.99. The summed E-state index contributed by atoms with van der Waals surface area (Å²) in [5.41, 5.74) is 2.54. The molecule has 0 aromatic heterocycles. The molecule has 1 aliphatic heterocycles. The van der Waals surface area contributed by atoms with Crippen LogP contribution >= 0.6 is 11.8 Å².